The lowest BCUT2D eigenvalue weighted by Crippen LogP contribution is -2.49. The van der Waals surface area contributed by atoms with Gasteiger partial charge in [0.2, 0.25) is 5.91 Å². The average Bonchev–Trinajstić information content (AvgIpc) is 2.46. The third kappa shape index (κ3) is 3.01. The van der Waals surface area contributed by atoms with Crippen molar-refractivity contribution in [2.75, 3.05) is 18.5 Å². The van der Waals surface area contributed by atoms with Crippen LogP contribution in [-0.4, -0.2) is 25.5 Å². The summed E-state index contributed by atoms with van der Waals surface area (Å²) in [5.41, 5.74) is 7.81. The number of piperidine rings is 1. The lowest BCUT2D eigenvalue weighted by molar-refractivity contribution is -0.122. The predicted molar refractivity (Wildman–Crippen MR) is 78.4 cm³/mol. The number of hydrogen-bond donors (Lipinski definition) is 2. The summed E-state index contributed by atoms with van der Waals surface area (Å²) in [6.07, 6.45) is 3.04. The number of hydrogen-bond acceptors (Lipinski definition) is 3. The summed E-state index contributed by atoms with van der Waals surface area (Å²) in [5.74, 6) is 0.0580. The smallest absolute Gasteiger partial charge is 0.242 e. The van der Waals surface area contributed by atoms with Crippen LogP contribution in [0.15, 0.2) is 18.2 Å². The number of carbonyl (C=O) groups excluding carboxylic acids is 1. The Morgan fingerprint density at radius 3 is 3.00 bits per heavy atom. The van der Waals surface area contributed by atoms with Crippen molar-refractivity contribution in [1.82, 2.24) is 5.32 Å². The fourth-order valence-corrected chi connectivity index (χ4v) is 2.80. The average molecular weight is 282 g/mol. The molecular weight excluding hydrogens is 262 g/mol. The zero-order valence-electron chi connectivity index (χ0n) is 11.2. The molecule has 1 saturated heterocycles. The van der Waals surface area contributed by atoms with Crippen molar-refractivity contribution in [3.63, 3.8) is 0 Å². The van der Waals surface area contributed by atoms with E-state index in [1.165, 1.54) is 0 Å². The van der Waals surface area contributed by atoms with Crippen LogP contribution in [0.5, 0.6) is 0 Å². The van der Waals surface area contributed by atoms with E-state index in [1.807, 2.05) is 18.2 Å². The van der Waals surface area contributed by atoms with Crippen molar-refractivity contribution in [3.05, 3.63) is 28.8 Å². The van der Waals surface area contributed by atoms with Gasteiger partial charge in [-0.1, -0.05) is 17.7 Å². The quantitative estimate of drug-likeness (QED) is 0.890. The number of anilines is 1. The highest BCUT2D eigenvalue weighted by molar-refractivity contribution is 6.30. The van der Waals surface area contributed by atoms with Gasteiger partial charge in [0.25, 0.3) is 0 Å². The van der Waals surface area contributed by atoms with E-state index in [0.29, 0.717) is 11.6 Å². The number of nitrogens with zero attached hydrogens (tertiary/aromatic N) is 1. The van der Waals surface area contributed by atoms with Crippen LogP contribution in [-0.2, 0) is 11.3 Å². The minimum absolute atomic E-state index is 0.0580. The highest BCUT2D eigenvalue weighted by Gasteiger charge is 2.29. The molecule has 0 bridgehead atoms. The van der Waals surface area contributed by atoms with E-state index in [4.69, 9.17) is 17.3 Å². The third-order valence-corrected chi connectivity index (χ3v) is 3.86. The zero-order chi connectivity index (χ0) is 13.8. The first kappa shape index (κ1) is 14.2. The fourth-order valence-electron chi connectivity index (χ4n) is 2.64. The molecule has 0 saturated carbocycles. The van der Waals surface area contributed by atoms with Gasteiger partial charge in [-0.15, -0.1) is 0 Å². The van der Waals surface area contributed by atoms with Gasteiger partial charge in [0.05, 0.1) is 0 Å². The Morgan fingerprint density at radius 2 is 2.32 bits per heavy atom. The Morgan fingerprint density at radius 1 is 1.53 bits per heavy atom. The molecule has 0 radical (unpaired) electrons. The third-order valence-electron chi connectivity index (χ3n) is 3.63. The highest BCUT2D eigenvalue weighted by atomic mass is 35.5. The lowest BCUT2D eigenvalue weighted by atomic mass is 9.99. The topological polar surface area (TPSA) is 58.4 Å². The van der Waals surface area contributed by atoms with E-state index in [9.17, 15) is 4.79 Å². The molecule has 1 unspecified atom stereocenters. The maximum atomic E-state index is 12.0. The van der Waals surface area contributed by atoms with Crippen LogP contribution in [0.2, 0.25) is 5.02 Å². The second kappa shape index (κ2) is 6.26. The van der Waals surface area contributed by atoms with Crippen LogP contribution in [0.1, 0.15) is 24.8 Å². The van der Waals surface area contributed by atoms with Gasteiger partial charge in [-0.25, -0.2) is 0 Å². The minimum Gasteiger partial charge on any atom is -0.359 e. The van der Waals surface area contributed by atoms with E-state index >= 15 is 0 Å². The number of nitrogens with two attached hydrogens (primary N) is 1. The Bertz CT molecular complexity index is 464. The molecule has 5 heteroatoms. The second-order valence-electron chi connectivity index (χ2n) is 4.80. The predicted octanol–water partition coefficient (Wildman–Crippen LogP) is 1.90. The van der Waals surface area contributed by atoms with Gasteiger partial charge in [-0.2, -0.15) is 0 Å². The summed E-state index contributed by atoms with van der Waals surface area (Å²) in [4.78, 5) is 14.2. The van der Waals surface area contributed by atoms with E-state index in [2.05, 4.69) is 10.2 Å². The molecule has 1 aliphatic heterocycles. The van der Waals surface area contributed by atoms with Crippen molar-refractivity contribution >= 4 is 23.2 Å². The van der Waals surface area contributed by atoms with E-state index in [0.717, 1.165) is 37.1 Å². The number of halogens is 1. The summed E-state index contributed by atoms with van der Waals surface area (Å²) in [6, 6.07) is 5.56. The van der Waals surface area contributed by atoms with Gasteiger partial charge in [0, 0.05) is 30.8 Å². The van der Waals surface area contributed by atoms with Crippen LogP contribution in [0.3, 0.4) is 0 Å². The van der Waals surface area contributed by atoms with Gasteiger partial charge in [0.1, 0.15) is 6.04 Å². The molecule has 0 spiro atoms. The SMILES string of the molecule is CNC(=O)C1CCCCN1c1cc(Cl)ccc1CN. The summed E-state index contributed by atoms with van der Waals surface area (Å²) in [7, 11) is 1.68. The van der Waals surface area contributed by atoms with Crippen molar-refractivity contribution < 1.29 is 4.79 Å². The monoisotopic (exact) mass is 281 g/mol. The molecular formula is C14H20ClN3O. The lowest BCUT2D eigenvalue weighted by Gasteiger charge is -2.37. The maximum absolute atomic E-state index is 12.0. The first-order valence-electron chi connectivity index (χ1n) is 6.64. The Labute approximate surface area is 118 Å². The van der Waals surface area contributed by atoms with Crippen LogP contribution in [0, 0.1) is 0 Å². The van der Waals surface area contributed by atoms with Crippen molar-refractivity contribution in [2.24, 2.45) is 5.73 Å². The minimum atomic E-state index is -0.123. The van der Waals surface area contributed by atoms with E-state index in [1.54, 1.807) is 7.05 Å². The van der Waals surface area contributed by atoms with Crippen molar-refractivity contribution in [1.29, 1.82) is 0 Å². The van der Waals surface area contributed by atoms with Crippen LogP contribution in [0.25, 0.3) is 0 Å². The second-order valence-corrected chi connectivity index (χ2v) is 5.23. The van der Waals surface area contributed by atoms with E-state index < -0.39 is 0 Å². The molecule has 0 aliphatic carbocycles. The molecule has 1 aromatic rings. The van der Waals surface area contributed by atoms with Gasteiger partial charge in [-0.05, 0) is 37.0 Å². The molecule has 4 nitrogen and oxygen atoms in total. The summed E-state index contributed by atoms with van der Waals surface area (Å²) in [5, 5.41) is 3.42. The van der Waals surface area contributed by atoms with Crippen LogP contribution < -0.4 is 16.0 Å². The number of likely N-dealkylation sites (N-methyl/N-ethyl adjacent to an activating group) is 1. The largest absolute Gasteiger partial charge is 0.359 e. The van der Waals surface area contributed by atoms with Gasteiger partial charge >= 0.3 is 0 Å². The summed E-state index contributed by atoms with van der Waals surface area (Å²) < 4.78 is 0. The molecule has 1 aromatic carbocycles. The number of benzene rings is 1. The Hall–Kier alpha value is -1.26. The van der Waals surface area contributed by atoms with Gasteiger partial charge < -0.3 is 16.0 Å². The molecule has 1 fully saturated rings. The molecule has 2 rings (SSSR count). The molecule has 0 aromatic heterocycles. The molecule has 104 valence electrons. The molecule has 1 aliphatic rings. The van der Waals surface area contributed by atoms with E-state index in [-0.39, 0.29) is 11.9 Å². The van der Waals surface area contributed by atoms with Crippen molar-refractivity contribution in [2.45, 2.75) is 31.8 Å². The Balaban J connectivity index is 2.36. The molecule has 3 N–H and O–H groups in total. The number of amides is 1. The summed E-state index contributed by atoms with van der Waals surface area (Å²) in [6.45, 7) is 1.31. The Kier molecular flexibility index (Phi) is 4.66. The molecule has 1 amide bonds. The van der Waals surface area contributed by atoms with Crippen molar-refractivity contribution in [3.8, 4) is 0 Å². The summed E-state index contributed by atoms with van der Waals surface area (Å²) >= 11 is 6.09. The standard InChI is InChI=1S/C14H20ClN3O/c1-17-14(19)12-4-2-3-7-18(12)13-8-11(15)6-5-10(13)9-16/h5-6,8,12H,2-4,7,9,16H2,1H3,(H,17,19). The number of carbonyl (C=O) groups is 1. The number of rotatable bonds is 3. The first-order valence-corrected chi connectivity index (χ1v) is 7.02. The first-order chi connectivity index (χ1) is 9.17. The normalized spacial score (nSPS) is 19.3. The van der Waals surface area contributed by atoms with Crippen LogP contribution in [0.4, 0.5) is 5.69 Å². The highest BCUT2D eigenvalue weighted by Crippen LogP contribution is 2.30. The van der Waals surface area contributed by atoms with Crippen LogP contribution >= 0.6 is 11.6 Å². The van der Waals surface area contributed by atoms with Gasteiger partial charge in [0.15, 0.2) is 0 Å². The fraction of sp³-hybridized carbons (Fsp3) is 0.500. The molecule has 19 heavy (non-hydrogen) atoms. The number of nitrogens with one attached hydrogen (secondary N) is 1. The van der Waals surface area contributed by atoms with Gasteiger partial charge in [-0.3, -0.25) is 4.79 Å². The molecule has 1 atom stereocenters. The molecule has 1 heterocycles. The maximum Gasteiger partial charge on any atom is 0.242 e. The zero-order valence-corrected chi connectivity index (χ0v) is 11.9.